The van der Waals surface area contributed by atoms with E-state index in [2.05, 4.69) is 17.0 Å². The highest BCUT2D eigenvalue weighted by atomic mass is 31.2. The van der Waals surface area contributed by atoms with Gasteiger partial charge in [-0.1, -0.05) is 43.2 Å². The summed E-state index contributed by atoms with van der Waals surface area (Å²) in [6.07, 6.45) is 3.00. The van der Waals surface area contributed by atoms with Crippen molar-refractivity contribution >= 4 is 7.60 Å². The van der Waals surface area contributed by atoms with E-state index in [1.165, 1.54) is 5.56 Å². The molecule has 1 aromatic rings. The normalized spacial score (nSPS) is 28.3. The molecule has 5 nitrogen and oxygen atoms in total. The molecule has 1 aliphatic heterocycles. The Hall–Kier alpha value is -0.710. The van der Waals surface area contributed by atoms with Gasteiger partial charge in [-0.05, 0) is 18.4 Å². The van der Waals surface area contributed by atoms with Gasteiger partial charge in [0.2, 0.25) is 0 Å². The maximum atomic E-state index is 12.1. The van der Waals surface area contributed by atoms with Crippen molar-refractivity contribution in [1.29, 1.82) is 0 Å². The Balaban J connectivity index is 1.76. The lowest BCUT2D eigenvalue weighted by Crippen LogP contribution is -2.40. The number of aliphatic hydroxyl groups is 1. The topological polar surface area (TPSA) is 81.0 Å². The Labute approximate surface area is 137 Å². The molecule has 0 bridgehead atoms. The average Bonchev–Trinajstić information content (AvgIpc) is 3.15. The highest BCUT2D eigenvalue weighted by molar-refractivity contribution is 7.53. The average molecular weight is 339 g/mol. The minimum atomic E-state index is -4.12. The fraction of sp³-hybridized carbons (Fsp3) is 0.647. The van der Waals surface area contributed by atoms with Crippen LogP contribution in [0.4, 0.5) is 0 Å². The van der Waals surface area contributed by atoms with Gasteiger partial charge in [-0.25, -0.2) is 0 Å². The number of likely N-dealkylation sites (tertiary alicyclic amines) is 1. The van der Waals surface area contributed by atoms with Crippen LogP contribution in [0.5, 0.6) is 0 Å². The third-order valence-corrected chi connectivity index (χ3v) is 7.47. The van der Waals surface area contributed by atoms with Crippen molar-refractivity contribution in [2.75, 3.05) is 26.2 Å². The highest BCUT2D eigenvalue weighted by Gasteiger charge is 2.50. The molecule has 0 amide bonds. The van der Waals surface area contributed by atoms with E-state index in [-0.39, 0.29) is 18.4 Å². The molecule has 1 aromatic carbocycles. The maximum absolute atomic E-state index is 12.1. The molecule has 0 aromatic heterocycles. The van der Waals surface area contributed by atoms with Crippen molar-refractivity contribution in [1.82, 2.24) is 4.90 Å². The minimum Gasteiger partial charge on any atom is -0.396 e. The molecule has 0 spiro atoms. The summed E-state index contributed by atoms with van der Waals surface area (Å²) in [5.74, 6) is 0.365. The van der Waals surface area contributed by atoms with Crippen LogP contribution < -0.4 is 0 Å². The van der Waals surface area contributed by atoms with E-state index in [0.29, 0.717) is 25.9 Å². The maximum Gasteiger partial charge on any atom is 0.332 e. The summed E-state index contributed by atoms with van der Waals surface area (Å²) in [7, 11) is -4.12. The molecule has 1 saturated carbocycles. The Morgan fingerprint density at radius 2 is 1.78 bits per heavy atom. The van der Waals surface area contributed by atoms with E-state index in [1.54, 1.807) is 0 Å². The van der Waals surface area contributed by atoms with Gasteiger partial charge in [0.25, 0.3) is 0 Å². The second kappa shape index (κ2) is 6.66. The molecule has 2 atom stereocenters. The van der Waals surface area contributed by atoms with E-state index < -0.39 is 12.8 Å². The zero-order valence-electron chi connectivity index (χ0n) is 13.3. The van der Waals surface area contributed by atoms with Crippen molar-refractivity contribution in [3.63, 3.8) is 0 Å². The van der Waals surface area contributed by atoms with Crippen LogP contribution >= 0.6 is 7.60 Å². The lowest BCUT2D eigenvalue weighted by Gasteiger charge is -2.34. The Kier molecular flexibility index (Phi) is 4.96. The molecule has 0 unspecified atom stereocenters. The molecule has 128 valence electrons. The molecule has 6 heteroatoms. The zero-order chi connectivity index (χ0) is 16.5. The molecular formula is C17H26NO4P. The van der Waals surface area contributed by atoms with Gasteiger partial charge < -0.3 is 19.8 Å². The van der Waals surface area contributed by atoms with Gasteiger partial charge in [0.15, 0.2) is 0 Å². The summed E-state index contributed by atoms with van der Waals surface area (Å²) in [5, 5.41) is 8.84. The number of hydrogen-bond donors (Lipinski definition) is 3. The van der Waals surface area contributed by atoms with E-state index in [4.69, 9.17) is 0 Å². The quantitative estimate of drug-likeness (QED) is 0.717. The van der Waals surface area contributed by atoms with Crippen LogP contribution in [-0.4, -0.2) is 51.2 Å². The molecule has 23 heavy (non-hydrogen) atoms. The van der Waals surface area contributed by atoms with Gasteiger partial charge in [0.1, 0.15) is 0 Å². The molecule has 1 heterocycles. The standard InChI is InChI=1S/C17H26NO4P/c19-12-15-10-18(11-16(15)14-6-2-1-3-7-14)13-17(23(20,21)22)8-4-5-9-17/h1-3,6-7,15-16,19H,4-5,8-13H2,(H2,20,21,22)/t15-,16-/m1/s1. The van der Waals surface area contributed by atoms with Crippen LogP contribution in [0, 0.1) is 5.92 Å². The summed E-state index contributed by atoms with van der Waals surface area (Å²) in [4.78, 5) is 21.9. The Morgan fingerprint density at radius 3 is 2.35 bits per heavy atom. The number of hydrogen-bond acceptors (Lipinski definition) is 3. The third-order valence-electron chi connectivity index (χ3n) is 5.65. The zero-order valence-corrected chi connectivity index (χ0v) is 14.2. The van der Waals surface area contributed by atoms with E-state index in [1.807, 2.05) is 18.2 Å². The van der Waals surface area contributed by atoms with Gasteiger partial charge >= 0.3 is 7.60 Å². The number of nitrogens with zero attached hydrogens (tertiary/aromatic N) is 1. The van der Waals surface area contributed by atoms with E-state index in [9.17, 15) is 19.5 Å². The van der Waals surface area contributed by atoms with Gasteiger partial charge in [-0.15, -0.1) is 0 Å². The number of aliphatic hydroxyl groups excluding tert-OH is 1. The summed E-state index contributed by atoms with van der Waals surface area (Å²) in [6.45, 7) is 2.02. The molecule has 2 fully saturated rings. The van der Waals surface area contributed by atoms with E-state index >= 15 is 0 Å². The summed E-state index contributed by atoms with van der Waals surface area (Å²) in [6, 6.07) is 10.1. The van der Waals surface area contributed by atoms with E-state index in [0.717, 1.165) is 19.4 Å². The van der Waals surface area contributed by atoms with Crippen molar-refractivity contribution in [3.8, 4) is 0 Å². The summed E-state index contributed by atoms with van der Waals surface area (Å²) in [5.41, 5.74) is 1.20. The monoisotopic (exact) mass is 339 g/mol. The third kappa shape index (κ3) is 3.40. The first-order valence-electron chi connectivity index (χ1n) is 8.39. The van der Waals surface area contributed by atoms with Crippen molar-refractivity contribution in [3.05, 3.63) is 35.9 Å². The van der Waals surface area contributed by atoms with Crippen molar-refractivity contribution < 1.29 is 19.5 Å². The summed E-state index contributed by atoms with van der Waals surface area (Å²) < 4.78 is 12.1. The van der Waals surface area contributed by atoms with Gasteiger partial charge in [-0.3, -0.25) is 4.57 Å². The second-order valence-corrected chi connectivity index (χ2v) is 9.17. The molecule has 0 radical (unpaired) electrons. The Morgan fingerprint density at radius 1 is 1.13 bits per heavy atom. The van der Waals surface area contributed by atoms with Crippen LogP contribution in [0.1, 0.15) is 37.2 Å². The van der Waals surface area contributed by atoms with Crippen LogP contribution in [-0.2, 0) is 4.57 Å². The fourth-order valence-corrected chi connectivity index (χ4v) is 5.63. The fourth-order valence-electron chi connectivity index (χ4n) is 4.34. The molecule has 3 rings (SSSR count). The summed E-state index contributed by atoms with van der Waals surface area (Å²) >= 11 is 0. The first-order chi connectivity index (χ1) is 11.0. The van der Waals surface area contributed by atoms with Gasteiger partial charge in [0, 0.05) is 38.1 Å². The van der Waals surface area contributed by atoms with Gasteiger partial charge in [-0.2, -0.15) is 0 Å². The van der Waals surface area contributed by atoms with Crippen LogP contribution in [0.3, 0.4) is 0 Å². The first-order valence-corrected chi connectivity index (χ1v) is 10.0. The number of rotatable bonds is 5. The first kappa shape index (κ1) is 17.1. The molecule has 1 saturated heterocycles. The predicted molar refractivity (Wildman–Crippen MR) is 89.4 cm³/mol. The second-order valence-electron chi connectivity index (χ2n) is 7.13. The molecule has 1 aliphatic carbocycles. The highest BCUT2D eigenvalue weighted by Crippen LogP contribution is 2.59. The lowest BCUT2D eigenvalue weighted by molar-refractivity contribution is 0.205. The molecule has 2 aliphatic rings. The van der Waals surface area contributed by atoms with Crippen LogP contribution in [0.15, 0.2) is 30.3 Å². The Bertz CT molecular complexity index is 567. The number of benzene rings is 1. The van der Waals surface area contributed by atoms with Gasteiger partial charge in [0.05, 0.1) is 5.16 Å². The molecular weight excluding hydrogens is 313 g/mol. The van der Waals surface area contributed by atoms with Crippen molar-refractivity contribution in [2.45, 2.75) is 36.8 Å². The predicted octanol–water partition coefficient (Wildman–Crippen LogP) is 2.18. The van der Waals surface area contributed by atoms with Crippen LogP contribution in [0.25, 0.3) is 0 Å². The SMILES string of the molecule is O=P(O)(O)C1(CN2C[C@H](CO)[C@@H](c3ccccc3)C2)CCCC1. The van der Waals surface area contributed by atoms with Crippen molar-refractivity contribution in [2.24, 2.45) is 5.92 Å². The largest absolute Gasteiger partial charge is 0.396 e. The molecule has 3 N–H and O–H groups in total. The lowest BCUT2D eigenvalue weighted by atomic mass is 9.90. The van der Waals surface area contributed by atoms with Crippen LogP contribution in [0.2, 0.25) is 0 Å². The minimum absolute atomic E-state index is 0.110. The smallest absolute Gasteiger partial charge is 0.332 e.